The SMILES string of the molecule is CC(C)c1cncc(CC(C)c2ccccn2)n1. The fourth-order valence-electron chi connectivity index (χ4n) is 1.89. The van der Waals surface area contributed by atoms with Gasteiger partial charge in [0.25, 0.3) is 0 Å². The van der Waals surface area contributed by atoms with Crippen LogP contribution in [0.15, 0.2) is 36.8 Å². The lowest BCUT2D eigenvalue weighted by Crippen LogP contribution is -2.05. The monoisotopic (exact) mass is 241 g/mol. The molecule has 0 radical (unpaired) electrons. The maximum absolute atomic E-state index is 4.65. The molecule has 0 amide bonds. The lowest BCUT2D eigenvalue weighted by atomic mass is 10.0. The van der Waals surface area contributed by atoms with Gasteiger partial charge in [-0.05, 0) is 24.5 Å². The Morgan fingerprint density at radius 1 is 1.06 bits per heavy atom. The highest BCUT2D eigenvalue weighted by Gasteiger charge is 2.10. The molecule has 0 aliphatic carbocycles. The van der Waals surface area contributed by atoms with Crippen molar-refractivity contribution in [3.8, 4) is 0 Å². The molecule has 3 nitrogen and oxygen atoms in total. The first kappa shape index (κ1) is 12.7. The lowest BCUT2D eigenvalue weighted by Gasteiger charge is -2.11. The molecule has 0 N–H and O–H groups in total. The van der Waals surface area contributed by atoms with E-state index < -0.39 is 0 Å². The fraction of sp³-hybridized carbons (Fsp3) is 0.400. The number of rotatable bonds is 4. The maximum Gasteiger partial charge on any atom is 0.0615 e. The van der Waals surface area contributed by atoms with Crippen LogP contribution in [0.2, 0.25) is 0 Å². The van der Waals surface area contributed by atoms with Crippen LogP contribution in [0.25, 0.3) is 0 Å². The van der Waals surface area contributed by atoms with E-state index >= 15 is 0 Å². The van der Waals surface area contributed by atoms with Crippen molar-refractivity contribution in [2.45, 2.75) is 39.0 Å². The molecule has 0 saturated carbocycles. The zero-order chi connectivity index (χ0) is 13.0. The minimum absolute atomic E-state index is 0.364. The van der Waals surface area contributed by atoms with Gasteiger partial charge >= 0.3 is 0 Å². The van der Waals surface area contributed by atoms with Crippen molar-refractivity contribution in [3.63, 3.8) is 0 Å². The number of hydrogen-bond acceptors (Lipinski definition) is 3. The summed E-state index contributed by atoms with van der Waals surface area (Å²) in [5.74, 6) is 0.783. The standard InChI is InChI=1S/C15H19N3/c1-11(2)15-10-16-9-13(18-15)8-12(3)14-6-4-5-7-17-14/h4-7,9-12H,8H2,1-3H3. The van der Waals surface area contributed by atoms with Gasteiger partial charge in [-0.25, -0.2) is 0 Å². The second-order valence-electron chi connectivity index (χ2n) is 4.95. The van der Waals surface area contributed by atoms with Gasteiger partial charge in [0.05, 0.1) is 11.4 Å². The molecule has 0 aliphatic rings. The van der Waals surface area contributed by atoms with Crippen molar-refractivity contribution in [1.29, 1.82) is 0 Å². The van der Waals surface area contributed by atoms with E-state index in [0.717, 1.165) is 23.5 Å². The zero-order valence-electron chi connectivity index (χ0n) is 11.2. The van der Waals surface area contributed by atoms with Gasteiger partial charge in [-0.3, -0.25) is 15.0 Å². The maximum atomic E-state index is 4.65. The Morgan fingerprint density at radius 2 is 1.89 bits per heavy atom. The van der Waals surface area contributed by atoms with Crippen molar-refractivity contribution in [3.05, 3.63) is 53.9 Å². The highest BCUT2D eigenvalue weighted by atomic mass is 14.8. The molecule has 2 aromatic heterocycles. The van der Waals surface area contributed by atoms with Crippen LogP contribution < -0.4 is 0 Å². The number of pyridine rings is 1. The molecule has 94 valence electrons. The van der Waals surface area contributed by atoms with Crippen LogP contribution in [0.3, 0.4) is 0 Å². The van der Waals surface area contributed by atoms with E-state index in [4.69, 9.17) is 0 Å². The van der Waals surface area contributed by atoms with E-state index in [0.29, 0.717) is 11.8 Å². The summed E-state index contributed by atoms with van der Waals surface area (Å²) in [7, 11) is 0. The van der Waals surface area contributed by atoms with Gasteiger partial charge in [0.1, 0.15) is 0 Å². The molecule has 0 spiro atoms. The Bertz CT molecular complexity index is 494. The van der Waals surface area contributed by atoms with Crippen molar-refractivity contribution >= 4 is 0 Å². The second kappa shape index (κ2) is 5.71. The van der Waals surface area contributed by atoms with Gasteiger partial charge in [-0.2, -0.15) is 0 Å². The molecule has 2 heterocycles. The molecule has 1 atom stereocenters. The first-order valence-electron chi connectivity index (χ1n) is 6.38. The summed E-state index contributed by atoms with van der Waals surface area (Å²) >= 11 is 0. The van der Waals surface area contributed by atoms with Crippen molar-refractivity contribution < 1.29 is 0 Å². The van der Waals surface area contributed by atoms with E-state index in [1.165, 1.54) is 0 Å². The average molecular weight is 241 g/mol. The van der Waals surface area contributed by atoms with Gasteiger partial charge in [0.15, 0.2) is 0 Å². The molecular weight excluding hydrogens is 222 g/mol. The molecule has 2 aromatic rings. The number of nitrogens with zero attached hydrogens (tertiary/aromatic N) is 3. The van der Waals surface area contributed by atoms with Crippen molar-refractivity contribution in [2.24, 2.45) is 0 Å². The molecule has 1 unspecified atom stereocenters. The molecule has 3 heteroatoms. The van der Waals surface area contributed by atoms with E-state index in [-0.39, 0.29) is 0 Å². The lowest BCUT2D eigenvalue weighted by molar-refractivity contribution is 0.698. The van der Waals surface area contributed by atoms with Gasteiger partial charge in [0, 0.05) is 30.2 Å². The third-order valence-electron chi connectivity index (χ3n) is 3.00. The Morgan fingerprint density at radius 3 is 2.56 bits per heavy atom. The third-order valence-corrected chi connectivity index (χ3v) is 3.00. The predicted molar refractivity (Wildman–Crippen MR) is 72.5 cm³/mol. The Kier molecular flexibility index (Phi) is 4.03. The van der Waals surface area contributed by atoms with Gasteiger partial charge in [-0.1, -0.05) is 26.8 Å². The summed E-state index contributed by atoms with van der Waals surface area (Å²) in [6.45, 7) is 6.44. The Balaban J connectivity index is 2.12. The fourth-order valence-corrected chi connectivity index (χ4v) is 1.89. The summed E-state index contributed by atoms with van der Waals surface area (Å²) in [6, 6.07) is 6.02. The molecule has 0 saturated heterocycles. The van der Waals surface area contributed by atoms with E-state index in [2.05, 4.69) is 41.8 Å². The summed E-state index contributed by atoms with van der Waals surface area (Å²) in [5, 5.41) is 0. The van der Waals surface area contributed by atoms with Gasteiger partial charge < -0.3 is 0 Å². The molecular formula is C15H19N3. The first-order chi connectivity index (χ1) is 8.66. The quantitative estimate of drug-likeness (QED) is 0.824. The smallest absolute Gasteiger partial charge is 0.0615 e. The van der Waals surface area contributed by atoms with E-state index in [1.807, 2.05) is 30.7 Å². The van der Waals surface area contributed by atoms with E-state index in [9.17, 15) is 0 Å². The first-order valence-corrected chi connectivity index (χ1v) is 6.38. The summed E-state index contributed by atoms with van der Waals surface area (Å²) < 4.78 is 0. The van der Waals surface area contributed by atoms with Gasteiger partial charge in [0.2, 0.25) is 0 Å². The molecule has 0 aliphatic heterocycles. The minimum atomic E-state index is 0.364. The number of hydrogen-bond donors (Lipinski definition) is 0. The van der Waals surface area contributed by atoms with Crippen molar-refractivity contribution in [2.75, 3.05) is 0 Å². The Hall–Kier alpha value is -1.77. The number of aromatic nitrogens is 3. The molecule has 18 heavy (non-hydrogen) atoms. The molecule has 0 bridgehead atoms. The van der Waals surface area contributed by atoms with Crippen LogP contribution in [-0.2, 0) is 6.42 Å². The van der Waals surface area contributed by atoms with Gasteiger partial charge in [-0.15, -0.1) is 0 Å². The van der Waals surface area contributed by atoms with Crippen LogP contribution in [0.5, 0.6) is 0 Å². The minimum Gasteiger partial charge on any atom is -0.261 e. The Labute approximate surface area is 108 Å². The van der Waals surface area contributed by atoms with E-state index in [1.54, 1.807) is 0 Å². The second-order valence-corrected chi connectivity index (χ2v) is 4.95. The summed E-state index contributed by atoms with van der Waals surface area (Å²) in [6.07, 6.45) is 6.41. The molecule has 0 aromatic carbocycles. The zero-order valence-corrected chi connectivity index (χ0v) is 11.2. The normalized spacial score (nSPS) is 12.7. The highest BCUT2D eigenvalue weighted by Crippen LogP contribution is 2.18. The topological polar surface area (TPSA) is 38.7 Å². The van der Waals surface area contributed by atoms with Crippen LogP contribution in [0.4, 0.5) is 0 Å². The summed E-state index contributed by atoms with van der Waals surface area (Å²) in [4.78, 5) is 13.3. The molecule has 2 rings (SSSR count). The predicted octanol–water partition coefficient (Wildman–Crippen LogP) is 3.34. The third kappa shape index (κ3) is 3.13. The van der Waals surface area contributed by atoms with Crippen LogP contribution in [0, 0.1) is 0 Å². The highest BCUT2D eigenvalue weighted by molar-refractivity contribution is 5.13. The molecule has 0 fully saturated rings. The van der Waals surface area contributed by atoms with Crippen LogP contribution >= 0.6 is 0 Å². The largest absolute Gasteiger partial charge is 0.261 e. The van der Waals surface area contributed by atoms with Crippen molar-refractivity contribution in [1.82, 2.24) is 15.0 Å². The van der Waals surface area contributed by atoms with Crippen LogP contribution in [-0.4, -0.2) is 15.0 Å². The average Bonchev–Trinajstić information content (AvgIpc) is 2.40. The summed E-state index contributed by atoms with van der Waals surface area (Å²) in [5.41, 5.74) is 3.20. The van der Waals surface area contributed by atoms with Crippen LogP contribution in [0.1, 0.15) is 49.7 Å².